The molecule has 6 heteroatoms. The number of carbonyl (C=O) groups is 1. The number of hydrogen-bond acceptors (Lipinski definition) is 3. The smallest absolute Gasteiger partial charge is 0.237 e. The lowest BCUT2D eigenvalue weighted by Gasteiger charge is -2.22. The van der Waals surface area contributed by atoms with E-state index in [2.05, 4.69) is 24.1 Å². The van der Waals surface area contributed by atoms with Crippen LogP contribution < -0.4 is 5.32 Å². The van der Waals surface area contributed by atoms with Gasteiger partial charge in [-0.3, -0.25) is 4.79 Å². The number of benzene rings is 1. The maximum atomic E-state index is 12.1. The molecule has 0 aliphatic carbocycles. The molecule has 0 radical (unpaired) electrons. The second-order valence-electron chi connectivity index (χ2n) is 4.19. The summed E-state index contributed by atoms with van der Waals surface area (Å²) in [6, 6.07) is 7.05. The van der Waals surface area contributed by atoms with E-state index in [0.29, 0.717) is 5.02 Å². The summed E-state index contributed by atoms with van der Waals surface area (Å²) < 4.78 is 0.758. The number of thiocarbonyl (C=S) groups is 1. The average molecular weight is 331 g/mol. The zero-order valence-electron chi connectivity index (χ0n) is 11.9. The Labute approximate surface area is 135 Å². The Bertz CT molecular complexity index is 461. The second kappa shape index (κ2) is 8.49. The van der Waals surface area contributed by atoms with E-state index in [1.165, 1.54) is 11.8 Å². The van der Waals surface area contributed by atoms with Gasteiger partial charge in [-0.2, -0.15) is 0 Å². The minimum atomic E-state index is -0.237. The van der Waals surface area contributed by atoms with Gasteiger partial charge in [-0.25, -0.2) is 0 Å². The first-order chi connectivity index (χ1) is 9.47. The number of anilines is 1. The lowest BCUT2D eigenvalue weighted by Crippen LogP contribution is -2.31. The van der Waals surface area contributed by atoms with Crippen molar-refractivity contribution < 1.29 is 4.79 Å². The highest BCUT2D eigenvalue weighted by molar-refractivity contribution is 8.23. The van der Waals surface area contributed by atoms with Crippen LogP contribution in [0.1, 0.15) is 20.8 Å². The number of halogens is 1. The molecule has 0 aromatic heterocycles. The van der Waals surface area contributed by atoms with Crippen LogP contribution in [0.3, 0.4) is 0 Å². The molecule has 0 saturated heterocycles. The predicted octanol–water partition coefficient (Wildman–Crippen LogP) is 4.03. The third-order valence-electron chi connectivity index (χ3n) is 2.78. The molecule has 1 atom stereocenters. The van der Waals surface area contributed by atoms with Gasteiger partial charge in [-0.15, -0.1) is 0 Å². The maximum absolute atomic E-state index is 12.1. The molecule has 0 aliphatic rings. The lowest BCUT2D eigenvalue weighted by atomic mass is 10.3. The van der Waals surface area contributed by atoms with E-state index in [0.717, 1.165) is 23.1 Å². The Morgan fingerprint density at radius 1 is 1.35 bits per heavy atom. The summed E-state index contributed by atoms with van der Waals surface area (Å²) in [6.45, 7) is 7.66. The SMILES string of the molecule is CCN(CC)C(=S)S[C@@H](C)C(=O)Nc1ccc(Cl)cc1. The molecule has 1 rings (SSSR count). The fourth-order valence-corrected chi connectivity index (χ4v) is 3.23. The standard InChI is InChI=1S/C14H19ClN2OS2/c1-4-17(5-2)14(19)20-10(3)13(18)16-12-8-6-11(15)7-9-12/h6-10H,4-5H2,1-3H3,(H,16,18)/t10-/m0/s1. The van der Waals surface area contributed by atoms with Gasteiger partial charge in [0, 0.05) is 23.8 Å². The quantitative estimate of drug-likeness (QED) is 0.826. The lowest BCUT2D eigenvalue weighted by molar-refractivity contribution is -0.115. The van der Waals surface area contributed by atoms with Gasteiger partial charge in [-0.1, -0.05) is 35.6 Å². The largest absolute Gasteiger partial charge is 0.358 e. The molecule has 1 aromatic rings. The number of carbonyl (C=O) groups excluding carboxylic acids is 1. The van der Waals surface area contributed by atoms with E-state index in [-0.39, 0.29) is 11.2 Å². The highest BCUT2D eigenvalue weighted by Gasteiger charge is 2.18. The number of amides is 1. The molecule has 1 N–H and O–H groups in total. The van der Waals surface area contributed by atoms with Crippen LogP contribution in [0.2, 0.25) is 5.02 Å². The molecule has 0 spiro atoms. The van der Waals surface area contributed by atoms with Crippen molar-refractivity contribution in [3.63, 3.8) is 0 Å². The summed E-state index contributed by atoms with van der Waals surface area (Å²) in [5.41, 5.74) is 0.737. The number of rotatable bonds is 5. The third kappa shape index (κ3) is 5.31. The molecule has 20 heavy (non-hydrogen) atoms. The van der Waals surface area contributed by atoms with Crippen molar-refractivity contribution in [1.82, 2.24) is 4.90 Å². The maximum Gasteiger partial charge on any atom is 0.237 e. The molecular formula is C14H19ClN2OS2. The third-order valence-corrected chi connectivity index (χ3v) is 4.61. The Morgan fingerprint density at radius 2 is 1.90 bits per heavy atom. The first-order valence-corrected chi connectivity index (χ1v) is 8.16. The van der Waals surface area contributed by atoms with Crippen LogP contribution in [0.5, 0.6) is 0 Å². The Balaban J connectivity index is 2.54. The Kier molecular flexibility index (Phi) is 7.34. The predicted molar refractivity (Wildman–Crippen MR) is 92.7 cm³/mol. The molecular weight excluding hydrogens is 312 g/mol. The van der Waals surface area contributed by atoms with Gasteiger partial charge >= 0.3 is 0 Å². The molecule has 0 bridgehead atoms. The van der Waals surface area contributed by atoms with Crippen LogP contribution >= 0.6 is 35.6 Å². The molecule has 1 amide bonds. The van der Waals surface area contributed by atoms with Gasteiger partial charge in [0.05, 0.1) is 5.25 Å². The molecule has 3 nitrogen and oxygen atoms in total. The summed E-state index contributed by atoms with van der Waals surface area (Å²) in [5.74, 6) is -0.0631. The summed E-state index contributed by atoms with van der Waals surface area (Å²) in [4.78, 5) is 14.2. The number of hydrogen-bond donors (Lipinski definition) is 1. The summed E-state index contributed by atoms with van der Waals surface area (Å²) in [5, 5.41) is 3.26. The van der Waals surface area contributed by atoms with Crippen molar-refractivity contribution in [2.75, 3.05) is 18.4 Å². The molecule has 110 valence electrons. The van der Waals surface area contributed by atoms with Crippen LogP contribution in [0.4, 0.5) is 5.69 Å². The fraction of sp³-hybridized carbons (Fsp3) is 0.429. The van der Waals surface area contributed by atoms with E-state index in [9.17, 15) is 4.79 Å². The van der Waals surface area contributed by atoms with Crippen molar-refractivity contribution in [3.8, 4) is 0 Å². The highest BCUT2D eigenvalue weighted by atomic mass is 35.5. The molecule has 0 unspecified atom stereocenters. The molecule has 1 aromatic carbocycles. The average Bonchev–Trinajstić information content (AvgIpc) is 2.42. The van der Waals surface area contributed by atoms with E-state index in [4.69, 9.17) is 23.8 Å². The van der Waals surface area contributed by atoms with E-state index in [1.807, 2.05) is 6.92 Å². The van der Waals surface area contributed by atoms with Gasteiger partial charge < -0.3 is 10.2 Å². The highest BCUT2D eigenvalue weighted by Crippen LogP contribution is 2.19. The van der Waals surface area contributed by atoms with Crippen LogP contribution in [-0.4, -0.2) is 33.5 Å². The fourth-order valence-electron chi connectivity index (χ4n) is 1.54. The van der Waals surface area contributed by atoms with Crippen LogP contribution in [0, 0.1) is 0 Å². The normalized spacial score (nSPS) is 11.8. The second-order valence-corrected chi connectivity index (χ2v) is 6.61. The van der Waals surface area contributed by atoms with Crippen LogP contribution in [0.25, 0.3) is 0 Å². The van der Waals surface area contributed by atoms with Crippen LogP contribution in [-0.2, 0) is 4.79 Å². The van der Waals surface area contributed by atoms with Gasteiger partial charge in [-0.05, 0) is 45.0 Å². The van der Waals surface area contributed by atoms with Crippen LogP contribution in [0.15, 0.2) is 24.3 Å². The summed E-state index contributed by atoms with van der Waals surface area (Å²) in [6.07, 6.45) is 0. The van der Waals surface area contributed by atoms with Crippen molar-refractivity contribution >= 4 is 51.5 Å². The monoisotopic (exact) mass is 330 g/mol. The number of thioether (sulfide) groups is 1. The van der Waals surface area contributed by atoms with Crippen molar-refractivity contribution in [2.45, 2.75) is 26.0 Å². The van der Waals surface area contributed by atoms with Crippen molar-refractivity contribution in [1.29, 1.82) is 0 Å². The summed E-state index contributed by atoms with van der Waals surface area (Å²) in [7, 11) is 0. The Morgan fingerprint density at radius 3 is 2.40 bits per heavy atom. The zero-order valence-corrected chi connectivity index (χ0v) is 14.2. The van der Waals surface area contributed by atoms with E-state index in [1.54, 1.807) is 24.3 Å². The first-order valence-electron chi connectivity index (χ1n) is 6.49. The summed E-state index contributed by atoms with van der Waals surface area (Å²) >= 11 is 12.6. The van der Waals surface area contributed by atoms with E-state index >= 15 is 0 Å². The topological polar surface area (TPSA) is 32.3 Å². The van der Waals surface area contributed by atoms with Gasteiger partial charge in [0.15, 0.2) is 0 Å². The molecule has 0 fully saturated rings. The number of nitrogens with one attached hydrogen (secondary N) is 1. The zero-order chi connectivity index (χ0) is 15.1. The molecule has 0 saturated carbocycles. The molecule has 0 aliphatic heterocycles. The van der Waals surface area contributed by atoms with E-state index < -0.39 is 0 Å². The van der Waals surface area contributed by atoms with Gasteiger partial charge in [0.1, 0.15) is 4.32 Å². The first kappa shape index (κ1) is 17.3. The number of nitrogens with zero attached hydrogens (tertiary/aromatic N) is 1. The van der Waals surface area contributed by atoms with Gasteiger partial charge in [0.2, 0.25) is 5.91 Å². The molecule has 0 heterocycles. The van der Waals surface area contributed by atoms with Crippen molar-refractivity contribution in [2.24, 2.45) is 0 Å². The minimum absolute atomic E-state index is 0.0631. The van der Waals surface area contributed by atoms with Crippen molar-refractivity contribution in [3.05, 3.63) is 29.3 Å². The van der Waals surface area contributed by atoms with Gasteiger partial charge in [0.25, 0.3) is 0 Å². The minimum Gasteiger partial charge on any atom is -0.358 e. The Hall–Kier alpha value is -0.780.